The molecule has 0 aliphatic heterocycles. The van der Waals surface area contributed by atoms with Gasteiger partial charge in [0.05, 0.1) is 0 Å². The van der Waals surface area contributed by atoms with E-state index in [2.05, 4.69) is 11.8 Å². The Labute approximate surface area is 99.8 Å². The van der Waals surface area contributed by atoms with Crippen LogP contribution in [0.1, 0.15) is 26.2 Å². The summed E-state index contributed by atoms with van der Waals surface area (Å²) in [4.78, 5) is 15.6. The van der Waals surface area contributed by atoms with Crippen molar-refractivity contribution in [3.05, 3.63) is 0 Å². The number of nitrogens with zero attached hydrogens (tertiary/aromatic N) is 2. The Morgan fingerprint density at radius 1 is 1.19 bits per heavy atom. The highest BCUT2D eigenvalue weighted by Gasteiger charge is 2.10. The van der Waals surface area contributed by atoms with Crippen LogP contribution in [0.25, 0.3) is 0 Å². The summed E-state index contributed by atoms with van der Waals surface area (Å²) >= 11 is 0. The Bertz CT molecular complexity index is 195. The molecule has 16 heavy (non-hydrogen) atoms. The summed E-state index contributed by atoms with van der Waals surface area (Å²) in [5.41, 5.74) is 5.48. The maximum atomic E-state index is 11.7. The second-order valence-electron chi connectivity index (χ2n) is 4.84. The summed E-state index contributed by atoms with van der Waals surface area (Å²) in [6, 6.07) is 0. The zero-order valence-electron chi connectivity index (χ0n) is 11.2. The number of carbonyl (C=O) groups is 1. The van der Waals surface area contributed by atoms with Crippen LogP contribution in [0.5, 0.6) is 0 Å². The zero-order chi connectivity index (χ0) is 12.6. The Hall–Kier alpha value is -0.610. The second-order valence-corrected chi connectivity index (χ2v) is 4.84. The van der Waals surface area contributed by atoms with Gasteiger partial charge < -0.3 is 15.5 Å². The molecule has 0 fully saturated rings. The molecule has 1 amide bonds. The predicted octanol–water partition coefficient (Wildman–Crippen LogP) is 0.772. The third kappa shape index (κ3) is 7.65. The average Bonchev–Trinajstić information content (AvgIpc) is 2.22. The van der Waals surface area contributed by atoms with Gasteiger partial charge in [-0.15, -0.1) is 0 Å². The second kappa shape index (κ2) is 8.53. The first-order chi connectivity index (χ1) is 7.47. The van der Waals surface area contributed by atoms with Crippen LogP contribution in [0, 0.1) is 5.92 Å². The van der Waals surface area contributed by atoms with Crippen molar-refractivity contribution >= 4 is 5.91 Å². The van der Waals surface area contributed by atoms with Gasteiger partial charge in [-0.3, -0.25) is 4.79 Å². The SMILES string of the molecule is CC(CCN)CCC(=O)N(C)CCN(C)C. The van der Waals surface area contributed by atoms with Crippen LogP contribution in [0.4, 0.5) is 0 Å². The lowest BCUT2D eigenvalue weighted by Gasteiger charge is -2.20. The van der Waals surface area contributed by atoms with Gasteiger partial charge in [0.25, 0.3) is 0 Å². The van der Waals surface area contributed by atoms with E-state index in [9.17, 15) is 4.79 Å². The third-order valence-electron chi connectivity index (χ3n) is 2.82. The van der Waals surface area contributed by atoms with Gasteiger partial charge in [-0.2, -0.15) is 0 Å². The summed E-state index contributed by atoms with van der Waals surface area (Å²) in [7, 11) is 5.91. The fourth-order valence-electron chi connectivity index (χ4n) is 1.46. The molecule has 2 N–H and O–H groups in total. The number of amides is 1. The molecule has 0 bridgehead atoms. The molecule has 0 rings (SSSR count). The van der Waals surface area contributed by atoms with E-state index < -0.39 is 0 Å². The van der Waals surface area contributed by atoms with E-state index in [0.29, 0.717) is 18.9 Å². The molecule has 0 spiro atoms. The number of likely N-dealkylation sites (N-methyl/N-ethyl adjacent to an activating group) is 2. The van der Waals surface area contributed by atoms with E-state index >= 15 is 0 Å². The van der Waals surface area contributed by atoms with E-state index in [-0.39, 0.29) is 5.91 Å². The fourth-order valence-corrected chi connectivity index (χ4v) is 1.46. The van der Waals surface area contributed by atoms with E-state index in [4.69, 9.17) is 5.73 Å². The van der Waals surface area contributed by atoms with Crippen molar-refractivity contribution < 1.29 is 4.79 Å². The standard InChI is InChI=1S/C12H27N3O/c1-11(7-8-13)5-6-12(16)15(4)10-9-14(2)3/h11H,5-10,13H2,1-4H3. The molecule has 0 aliphatic rings. The molecular weight excluding hydrogens is 202 g/mol. The van der Waals surface area contributed by atoms with Gasteiger partial charge in [-0.1, -0.05) is 6.92 Å². The topological polar surface area (TPSA) is 49.6 Å². The number of carbonyl (C=O) groups excluding carboxylic acids is 1. The van der Waals surface area contributed by atoms with Crippen LogP contribution < -0.4 is 5.73 Å². The molecule has 96 valence electrons. The normalized spacial score (nSPS) is 12.9. The molecule has 0 aliphatic carbocycles. The molecule has 0 heterocycles. The minimum atomic E-state index is 0.241. The van der Waals surface area contributed by atoms with Gasteiger partial charge in [-0.25, -0.2) is 0 Å². The summed E-state index contributed by atoms with van der Waals surface area (Å²) < 4.78 is 0. The molecule has 0 aromatic rings. The van der Waals surface area contributed by atoms with Crippen LogP contribution in [0.15, 0.2) is 0 Å². The smallest absolute Gasteiger partial charge is 0.222 e. The van der Waals surface area contributed by atoms with Gasteiger partial charge in [0, 0.05) is 26.6 Å². The minimum Gasteiger partial charge on any atom is -0.344 e. The first-order valence-corrected chi connectivity index (χ1v) is 6.06. The first-order valence-electron chi connectivity index (χ1n) is 6.06. The summed E-state index contributed by atoms with van der Waals surface area (Å²) in [6.07, 6.45) is 2.60. The minimum absolute atomic E-state index is 0.241. The number of hydrogen-bond acceptors (Lipinski definition) is 3. The Morgan fingerprint density at radius 2 is 1.81 bits per heavy atom. The lowest BCUT2D eigenvalue weighted by Crippen LogP contribution is -2.33. The van der Waals surface area contributed by atoms with Crippen LogP contribution in [-0.4, -0.2) is 56.5 Å². The molecule has 0 saturated heterocycles. The lowest BCUT2D eigenvalue weighted by molar-refractivity contribution is -0.130. The van der Waals surface area contributed by atoms with Crippen LogP contribution >= 0.6 is 0 Å². The van der Waals surface area contributed by atoms with Crippen molar-refractivity contribution in [1.29, 1.82) is 0 Å². The zero-order valence-corrected chi connectivity index (χ0v) is 11.2. The molecular formula is C12H27N3O. The van der Waals surface area contributed by atoms with Crippen molar-refractivity contribution in [2.24, 2.45) is 11.7 Å². The third-order valence-corrected chi connectivity index (χ3v) is 2.82. The highest BCUT2D eigenvalue weighted by Crippen LogP contribution is 2.10. The van der Waals surface area contributed by atoms with Gasteiger partial charge in [0.15, 0.2) is 0 Å². The Balaban J connectivity index is 3.70. The van der Waals surface area contributed by atoms with Crippen molar-refractivity contribution in [1.82, 2.24) is 9.80 Å². The van der Waals surface area contributed by atoms with Crippen molar-refractivity contribution in [3.8, 4) is 0 Å². The van der Waals surface area contributed by atoms with Gasteiger partial charge >= 0.3 is 0 Å². The quantitative estimate of drug-likeness (QED) is 0.669. The van der Waals surface area contributed by atoms with Gasteiger partial charge in [-0.05, 0) is 39.4 Å². The average molecular weight is 229 g/mol. The lowest BCUT2D eigenvalue weighted by atomic mass is 10.0. The van der Waals surface area contributed by atoms with E-state index in [0.717, 1.165) is 25.9 Å². The Kier molecular flexibility index (Phi) is 8.21. The Morgan fingerprint density at radius 3 is 2.31 bits per heavy atom. The van der Waals surface area contributed by atoms with Crippen LogP contribution in [0.2, 0.25) is 0 Å². The highest BCUT2D eigenvalue weighted by atomic mass is 16.2. The number of hydrogen-bond donors (Lipinski definition) is 1. The molecule has 0 aromatic carbocycles. The summed E-state index contributed by atoms with van der Waals surface area (Å²) in [5, 5.41) is 0. The molecule has 0 aromatic heterocycles. The largest absolute Gasteiger partial charge is 0.344 e. The summed E-state index contributed by atoms with van der Waals surface area (Å²) in [6.45, 7) is 4.59. The van der Waals surface area contributed by atoms with E-state index in [1.165, 1.54) is 0 Å². The van der Waals surface area contributed by atoms with Crippen LogP contribution in [0.3, 0.4) is 0 Å². The number of nitrogens with two attached hydrogens (primary N) is 1. The van der Waals surface area contributed by atoms with Crippen molar-refractivity contribution in [3.63, 3.8) is 0 Å². The molecule has 4 nitrogen and oxygen atoms in total. The fraction of sp³-hybridized carbons (Fsp3) is 0.917. The maximum absolute atomic E-state index is 11.7. The maximum Gasteiger partial charge on any atom is 0.222 e. The highest BCUT2D eigenvalue weighted by molar-refractivity contribution is 5.75. The van der Waals surface area contributed by atoms with E-state index in [1.54, 1.807) is 0 Å². The molecule has 4 heteroatoms. The van der Waals surface area contributed by atoms with Gasteiger partial charge in [0.2, 0.25) is 5.91 Å². The number of rotatable bonds is 8. The van der Waals surface area contributed by atoms with Crippen molar-refractivity contribution in [2.75, 3.05) is 40.8 Å². The summed E-state index contributed by atoms with van der Waals surface area (Å²) in [5.74, 6) is 0.793. The van der Waals surface area contributed by atoms with E-state index in [1.807, 2.05) is 26.0 Å². The van der Waals surface area contributed by atoms with Gasteiger partial charge in [0.1, 0.15) is 0 Å². The monoisotopic (exact) mass is 229 g/mol. The van der Waals surface area contributed by atoms with Crippen LogP contribution in [-0.2, 0) is 4.79 Å². The van der Waals surface area contributed by atoms with Crippen molar-refractivity contribution in [2.45, 2.75) is 26.2 Å². The predicted molar refractivity (Wildman–Crippen MR) is 68.3 cm³/mol. The molecule has 0 saturated carbocycles. The first kappa shape index (κ1) is 15.4. The molecule has 0 radical (unpaired) electrons. The molecule has 1 unspecified atom stereocenters. The molecule has 1 atom stereocenters.